The highest BCUT2D eigenvalue weighted by atomic mass is 16.5. The third kappa shape index (κ3) is 4.48. The summed E-state index contributed by atoms with van der Waals surface area (Å²) in [5.74, 6) is 1.07. The number of ether oxygens (including phenoxy) is 2. The van der Waals surface area contributed by atoms with E-state index in [1.54, 1.807) is 6.07 Å². The van der Waals surface area contributed by atoms with Gasteiger partial charge in [0.25, 0.3) is 0 Å². The van der Waals surface area contributed by atoms with Gasteiger partial charge in [0.2, 0.25) is 6.19 Å². The zero-order valence-corrected chi connectivity index (χ0v) is 18.5. The Kier molecular flexibility index (Phi) is 5.33. The van der Waals surface area contributed by atoms with Crippen LogP contribution in [0.3, 0.4) is 0 Å². The van der Waals surface area contributed by atoms with E-state index in [9.17, 15) is 5.26 Å². The van der Waals surface area contributed by atoms with E-state index >= 15 is 0 Å². The fraction of sp³-hybridized carbons (Fsp3) is 0.423. The highest BCUT2D eigenvalue weighted by molar-refractivity contribution is 6.05. The molecule has 0 N–H and O–H groups in total. The molecule has 2 aliphatic rings. The lowest BCUT2D eigenvalue weighted by molar-refractivity contribution is -0.183. The highest BCUT2D eigenvalue weighted by Crippen LogP contribution is 2.44. The van der Waals surface area contributed by atoms with Gasteiger partial charge in [-0.1, -0.05) is 24.3 Å². The SMILES string of the molecule is [C-]#[N+]c1cccc(-c2ccc3c(c2)/C(=N/C#N)CC(C2CC(C)(C)OC(C)(C)C2)O3)c1. The van der Waals surface area contributed by atoms with Crippen molar-refractivity contribution in [1.29, 1.82) is 5.26 Å². The molecule has 0 amide bonds. The Morgan fingerprint density at radius 3 is 2.45 bits per heavy atom. The molecule has 1 atom stereocenters. The molecule has 5 heteroatoms. The second kappa shape index (κ2) is 7.84. The Labute approximate surface area is 184 Å². The summed E-state index contributed by atoms with van der Waals surface area (Å²) in [4.78, 5) is 7.70. The summed E-state index contributed by atoms with van der Waals surface area (Å²) in [5, 5.41) is 9.33. The van der Waals surface area contributed by atoms with Crippen LogP contribution in [0.4, 0.5) is 5.69 Å². The standard InChI is InChI=1S/C26H27N3O2/c1-25(2)14-19(15-26(3,4)31-25)24-13-22(29-16-27)21-12-18(9-10-23(21)30-24)17-7-6-8-20(11-17)28-5/h6-12,19,24H,13-15H2,1-4H3/b29-22+. The van der Waals surface area contributed by atoms with E-state index in [0.717, 1.165) is 41.0 Å². The number of hydrogen-bond acceptors (Lipinski definition) is 4. The van der Waals surface area contributed by atoms with Gasteiger partial charge in [-0.25, -0.2) is 4.85 Å². The van der Waals surface area contributed by atoms with E-state index in [4.69, 9.17) is 16.0 Å². The summed E-state index contributed by atoms with van der Waals surface area (Å²) in [7, 11) is 0. The van der Waals surface area contributed by atoms with Crippen molar-refractivity contribution in [2.45, 2.75) is 64.3 Å². The Hall–Kier alpha value is -3.15. The zero-order valence-electron chi connectivity index (χ0n) is 18.5. The molecule has 2 aromatic carbocycles. The van der Waals surface area contributed by atoms with Crippen LogP contribution in [0.25, 0.3) is 16.0 Å². The number of hydrogen-bond donors (Lipinski definition) is 0. The summed E-state index contributed by atoms with van der Waals surface area (Å²) in [5.41, 5.74) is 3.71. The Balaban J connectivity index is 1.68. The molecular formula is C26H27N3O2. The lowest BCUT2D eigenvalue weighted by Gasteiger charge is -2.48. The molecule has 31 heavy (non-hydrogen) atoms. The molecule has 2 aromatic rings. The fourth-order valence-electron chi connectivity index (χ4n) is 5.16. The van der Waals surface area contributed by atoms with E-state index in [-0.39, 0.29) is 17.3 Å². The predicted octanol–water partition coefficient (Wildman–Crippen LogP) is 6.31. The van der Waals surface area contributed by atoms with Gasteiger partial charge < -0.3 is 9.47 Å². The van der Waals surface area contributed by atoms with Gasteiger partial charge in [0, 0.05) is 17.9 Å². The van der Waals surface area contributed by atoms with Crippen molar-refractivity contribution in [2.24, 2.45) is 10.9 Å². The first-order valence-electron chi connectivity index (χ1n) is 10.6. The molecule has 2 heterocycles. The molecule has 2 aliphatic heterocycles. The van der Waals surface area contributed by atoms with Gasteiger partial charge in [0.1, 0.15) is 11.9 Å². The third-order valence-electron chi connectivity index (χ3n) is 6.04. The molecule has 1 unspecified atom stereocenters. The average molecular weight is 414 g/mol. The normalized spacial score (nSPS) is 23.3. The monoisotopic (exact) mass is 413 g/mol. The number of nitriles is 1. The predicted molar refractivity (Wildman–Crippen MR) is 121 cm³/mol. The summed E-state index contributed by atoms with van der Waals surface area (Å²) in [6.07, 6.45) is 4.34. The molecule has 0 spiro atoms. The molecule has 4 rings (SSSR count). The van der Waals surface area contributed by atoms with Gasteiger partial charge in [0.15, 0.2) is 5.69 Å². The van der Waals surface area contributed by atoms with Gasteiger partial charge >= 0.3 is 0 Å². The first-order chi connectivity index (χ1) is 14.7. The second-order valence-corrected chi connectivity index (χ2v) is 9.68. The number of rotatable bonds is 2. The zero-order chi connectivity index (χ0) is 22.2. The van der Waals surface area contributed by atoms with Gasteiger partial charge in [-0.15, -0.1) is 0 Å². The van der Waals surface area contributed by atoms with Gasteiger partial charge in [0.05, 0.1) is 23.5 Å². The van der Waals surface area contributed by atoms with Crippen molar-refractivity contribution in [3.8, 4) is 23.1 Å². The van der Waals surface area contributed by atoms with Gasteiger partial charge in [-0.05, 0) is 69.9 Å². The minimum atomic E-state index is -0.222. The van der Waals surface area contributed by atoms with Crippen LogP contribution >= 0.6 is 0 Å². The van der Waals surface area contributed by atoms with Crippen LogP contribution in [-0.4, -0.2) is 23.0 Å². The largest absolute Gasteiger partial charge is 0.489 e. The summed E-state index contributed by atoms with van der Waals surface area (Å²) < 4.78 is 12.7. The quantitative estimate of drug-likeness (QED) is 0.428. The van der Waals surface area contributed by atoms with E-state index in [1.807, 2.05) is 42.6 Å². The summed E-state index contributed by atoms with van der Waals surface area (Å²) in [6.45, 7) is 15.8. The average Bonchev–Trinajstić information content (AvgIpc) is 2.71. The van der Waals surface area contributed by atoms with Crippen LogP contribution in [0.2, 0.25) is 0 Å². The number of benzene rings is 2. The molecule has 5 nitrogen and oxygen atoms in total. The van der Waals surface area contributed by atoms with Gasteiger partial charge in [-0.3, -0.25) is 0 Å². The first kappa shape index (κ1) is 21.1. The topological polar surface area (TPSA) is 59.0 Å². The van der Waals surface area contributed by atoms with Crippen molar-refractivity contribution in [3.63, 3.8) is 0 Å². The van der Waals surface area contributed by atoms with E-state index in [0.29, 0.717) is 18.0 Å². The van der Waals surface area contributed by atoms with Crippen LogP contribution in [0.5, 0.6) is 5.75 Å². The maximum absolute atomic E-state index is 9.33. The lowest BCUT2D eigenvalue weighted by Crippen LogP contribution is -2.50. The smallest absolute Gasteiger partial charge is 0.205 e. The molecule has 0 aliphatic carbocycles. The minimum absolute atomic E-state index is 0.0432. The van der Waals surface area contributed by atoms with Crippen LogP contribution in [-0.2, 0) is 4.74 Å². The maximum atomic E-state index is 9.33. The molecule has 1 saturated heterocycles. The first-order valence-corrected chi connectivity index (χ1v) is 10.6. The Morgan fingerprint density at radius 2 is 1.77 bits per heavy atom. The number of nitrogens with zero attached hydrogens (tertiary/aromatic N) is 3. The summed E-state index contributed by atoms with van der Waals surface area (Å²) in [6, 6.07) is 13.5. The molecule has 0 aromatic heterocycles. The molecule has 0 saturated carbocycles. The minimum Gasteiger partial charge on any atom is -0.489 e. The van der Waals surface area contributed by atoms with Crippen molar-refractivity contribution >= 4 is 11.4 Å². The number of fused-ring (bicyclic) bond motifs is 1. The molecule has 158 valence electrons. The molecule has 0 radical (unpaired) electrons. The van der Waals surface area contributed by atoms with Crippen LogP contribution in [0.15, 0.2) is 47.5 Å². The Morgan fingerprint density at radius 1 is 1.06 bits per heavy atom. The van der Waals surface area contributed by atoms with Crippen LogP contribution < -0.4 is 4.74 Å². The highest BCUT2D eigenvalue weighted by Gasteiger charge is 2.44. The third-order valence-corrected chi connectivity index (χ3v) is 6.04. The molecular weight excluding hydrogens is 386 g/mol. The molecule has 1 fully saturated rings. The van der Waals surface area contributed by atoms with Crippen molar-refractivity contribution in [1.82, 2.24) is 0 Å². The van der Waals surface area contributed by atoms with Gasteiger partial charge in [-0.2, -0.15) is 10.3 Å². The molecule has 0 bridgehead atoms. The van der Waals surface area contributed by atoms with Crippen LogP contribution in [0.1, 0.15) is 52.5 Å². The van der Waals surface area contributed by atoms with Crippen LogP contribution in [0, 0.1) is 23.9 Å². The van der Waals surface area contributed by atoms with E-state index in [1.165, 1.54) is 0 Å². The summed E-state index contributed by atoms with van der Waals surface area (Å²) >= 11 is 0. The maximum Gasteiger partial charge on any atom is 0.205 e. The van der Waals surface area contributed by atoms with Crippen molar-refractivity contribution in [3.05, 3.63) is 59.4 Å². The Bertz CT molecular complexity index is 1100. The lowest BCUT2D eigenvalue weighted by atomic mass is 9.76. The number of aliphatic imine (C=N–C) groups is 1. The van der Waals surface area contributed by atoms with Crippen molar-refractivity contribution in [2.75, 3.05) is 0 Å². The van der Waals surface area contributed by atoms with Crippen molar-refractivity contribution < 1.29 is 9.47 Å². The van der Waals surface area contributed by atoms with E-state index < -0.39 is 0 Å². The van der Waals surface area contributed by atoms with E-state index in [2.05, 4.69) is 37.5 Å². The fourth-order valence-corrected chi connectivity index (χ4v) is 5.16. The second-order valence-electron chi connectivity index (χ2n) is 9.68.